The molecule has 0 amide bonds. The molecule has 3 heteroatoms. The lowest BCUT2D eigenvalue weighted by Gasteiger charge is -2.52. The average molecular weight is 254 g/mol. The molecular formula is C15H30N2O. The summed E-state index contributed by atoms with van der Waals surface area (Å²) in [4.78, 5) is 0. The average Bonchev–Trinajstić information content (AvgIpc) is 2.33. The smallest absolute Gasteiger partial charge is 0.0474 e. The maximum atomic E-state index is 9.49. The molecule has 2 unspecified atom stereocenters. The molecule has 0 radical (unpaired) electrons. The van der Waals surface area contributed by atoms with E-state index in [4.69, 9.17) is 5.73 Å². The summed E-state index contributed by atoms with van der Waals surface area (Å²) in [6.45, 7) is 5.68. The van der Waals surface area contributed by atoms with E-state index in [0.717, 1.165) is 18.4 Å². The van der Waals surface area contributed by atoms with Crippen LogP contribution in [0.15, 0.2) is 0 Å². The molecule has 2 aliphatic rings. The second kappa shape index (κ2) is 5.89. The molecule has 0 aliphatic heterocycles. The highest BCUT2D eigenvalue weighted by molar-refractivity contribution is 5.04. The number of aliphatic hydroxyl groups is 1. The van der Waals surface area contributed by atoms with Crippen molar-refractivity contribution in [2.75, 3.05) is 13.2 Å². The first kappa shape index (κ1) is 14.3. The number of aliphatic hydroxyl groups excluding tert-OH is 1. The van der Waals surface area contributed by atoms with E-state index in [1.165, 1.54) is 38.5 Å². The Kier molecular flexibility index (Phi) is 4.68. The van der Waals surface area contributed by atoms with Gasteiger partial charge in [0.1, 0.15) is 0 Å². The predicted octanol–water partition coefficient (Wildman–Crippen LogP) is 1.89. The first-order valence-corrected chi connectivity index (χ1v) is 7.69. The summed E-state index contributed by atoms with van der Waals surface area (Å²) in [5, 5.41) is 13.3. The van der Waals surface area contributed by atoms with E-state index in [1.54, 1.807) is 0 Å². The lowest BCUT2D eigenvalue weighted by Crippen LogP contribution is -2.65. The lowest BCUT2D eigenvalue weighted by molar-refractivity contribution is 0.0399. The molecule has 0 saturated heterocycles. The number of nitrogens with two attached hydrogens (primary N) is 1. The Bertz CT molecular complexity index is 261. The van der Waals surface area contributed by atoms with Crippen LogP contribution in [0.3, 0.4) is 0 Å². The number of hydrogen-bond acceptors (Lipinski definition) is 3. The van der Waals surface area contributed by atoms with Crippen molar-refractivity contribution in [2.45, 2.75) is 64.0 Å². The molecule has 0 aromatic carbocycles. The summed E-state index contributed by atoms with van der Waals surface area (Å²) in [6, 6.07) is 0.486. The van der Waals surface area contributed by atoms with Gasteiger partial charge in [0.15, 0.2) is 0 Å². The van der Waals surface area contributed by atoms with Crippen molar-refractivity contribution in [3.63, 3.8) is 0 Å². The fourth-order valence-corrected chi connectivity index (χ4v) is 3.77. The Morgan fingerprint density at radius 3 is 2.50 bits per heavy atom. The van der Waals surface area contributed by atoms with Gasteiger partial charge >= 0.3 is 0 Å². The van der Waals surface area contributed by atoms with Crippen LogP contribution in [-0.4, -0.2) is 29.8 Å². The number of nitrogens with one attached hydrogen (secondary N) is 1. The van der Waals surface area contributed by atoms with Crippen molar-refractivity contribution in [3.05, 3.63) is 0 Å². The van der Waals surface area contributed by atoms with Crippen LogP contribution in [0.25, 0.3) is 0 Å². The maximum absolute atomic E-state index is 9.49. The van der Waals surface area contributed by atoms with Crippen LogP contribution in [-0.2, 0) is 0 Å². The van der Waals surface area contributed by atoms with Crippen molar-refractivity contribution >= 4 is 0 Å². The van der Waals surface area contributed by atoms with Crippen molar-refractivity contribution in [1.29, 1.82) is 0 Å². The van der Waals surface area contributed by atoms with Crippen LogP contribution in [0.1, 0.15) is 52.4 Å². The summed E-state index contributed by atoms with van der Waals surface area (Å²) in [6.07, 6.45) is 7.38. The topological polar surface area (TPSA) is 58.3 Å². The number of rotatable bonds is 5. The molecule has 3 nitrogen and oxygen atoms in total. The molecule has 2 aliphatic carbocycles. The van der Waals surface area contributed by atoms with Gasteiger partial charge in [-0.25, -0.2) is 0 Å². The van der Waals surface area contributed by atoms with Crippen LogP contribution < -0.4 is 11.1 Å². The summed E-state index contributed by atoms with van der Waals surface area (Å²) in [5.41, 5.74) is 6.18. The summed E-state index contributed by atoms with van der Waals surface area (Å²) in [7, 11) is 0. The van der Waals surface area contributed by atoms with E-state index in [1.807, 2.05) is 0 Å². The van der Waals surface area contributed by atoms with Gasteiger partial charge in [-0.2, -0.15) is 0 Å². The molecule has 0 heterocycles. The summed E-state index contributed by atoms with van der Waals surface area (Å²) < 4.78 is 0. The summed E-state index contributed by atoms with van der Waals surface area (Å²) in [5.74, 6) is 2.05. The fraction of sp³-hybridized carbons (Fsp3) is 1.00. The molecule has 106 valence electrons. The Balaban J connectivity index is 1.90. The zero-order chi connectivity index (χ0) is 13.2. The van der Waals surface area contributed by atoms with Crippen LogP contribution in [0.5, 0.6) is 0 Å². The van der Waals surface area contributed by atoms with Gasteiger partial charge in [0.25, 0.3) is 0 Å². The second-order valence-corrected chi connectivity index (χ2v) is 6.87. The molecule has 2 saturated carbocycles. The molecule has 2 rings (SSSR count). The van der Waals surface area contributed by atoms with E-state index < -0.39 is 0 Å². The van der Waals surface area contributed by atoms with Gasteiger partial charge in [-0.05, 0) is 43.4 Å². The first-order valence-electron chi connectivity index (χ1n) is 7.69. The quantitative estimate of drug-likeness (QED) is 0.702. The molecule has 0 aromatic heterocycles. The predicted molar refractivity (Wildman–Crippen MR) is 75.3 cm³/mol. The summed E-state index contributed by atoms with van der Waals surface area (Å²) >= 11 is 0. The SMILES string of the molecule is CC(C)C1CC(CN)(NC2CCCCC2CO)C1. The van der Waals surface area contributed by atoms with Gasteiger partial charge in [-0.3, -0.25) is 0 Å². The van der Waals surface area contributed by atoms with Gasteiger partial charge < -0.3 is 16.2 Å². The zero-order valence-corrected chi connectivity index (χ0v) is 12.0. The molecule has 4 N–H and O–H groups in total. The van der Waals surface area contributed by atoms with Gasteiger partial charge in [0, 0.05) is 24.7 Å². The number of hydrogen-bond donors (Lipinski definition) is 3. The first-order chi connectivity index (χ1) is 8.60. The highest BCUT2D eigenvalue weighted by Gasteiger charge is 2.46. The van der Waals surface area contributed by atoms with Gasteiger partial charge in [-0.1, -0.05) is 26.7 Å². The minimum absolute atomic E-state index is 0.171. The van der Waals surface area contributed by atoms with E-state index in [9.17, 15) is 5.11 Å². The minimum Gasteiger partial charge on any atom is -0.396 e. The Morgan fingerprint density at radius 1 is 1.28 bits per heavy atom. The van der Waals surface area contributed by atoms with E-state index in [2.05, 4.69) is 19.2 Å². The Hall–Kier alpha value is -0.120. The molecule has 0 spiro atoms. The third-order valence-corrected chi connectivity index (χ3v) is 5.27. The third-order valence-electron chi connectivity index (χ3n) is 5.27. The van der Waals surface area contributed by atoms with Crippen LogP contribution in [0.2, 0.25) is 0 Å². The molecule has 0 bridgehead atoms. The van der Waals surface area contributed by atoms with Gasteiger partial charge in [0.2, 0.25) is 0 Å². The third kappa shape index (κ3) is 2.89. The van der Waals surface area contributed by atoms with Gasteiger partial charge in [-0.15, -0.1) is 0 Å². The van der Waals surface area contributed by atoms with E-state index >= 15 is 0 Å². The molecule has 18 heavy (non-hydrogen) atoms. The zero-order valence-electron chi connectivity index (χ0n) is 12.0. The van der Waals surface area contributed by atoms with Crippen LogP contribution in [0, 0.1) is 17.8 Å². The van der Waals surface area contributed by atoms with Crippen molar-refractivity contribution in [3.8, 4) is 0 Å². The van der Waals surface area contributed by atoms with E-state index in [-0.39, 0.29) is 5.54 Å². The Morgan fingerprint density at radius 2 is 1.94 bits per heavy atom. The maximum Gasteiger partial charge on any atom is 0.0474 e. The fourth-order valence-electron chi connectivity index (χ4n) is 3.77. The standard InChI is InChI=1S/C15H30N2O/c1-11(2)13-7-15(8-13,10-16)17-14-6-4-3-5-12(14)9-18/h11-14,17-18H,3-10,16H2,1-2H3. The second-order valence-electron chi connectivity index (χ2n) is 6.87. The Labute approximate surface area is 112 Å². The lowest BCUT2D eigenvalue weighted by atomic mass is 9.63. The van der Waals surface area contributed by atoms with Crippen LogP contribution in [0.4, 0.5) is 0 Å². The van der Waals surface area contributed by atoms with Crippen molar-refractivity contribution < 1.29 is 5.11 Å². The van der Waals surface area contributed by atoms with Gasteiger partial charge in [0.05, 0.1) is 0 Å². The largest absolute Gasteiger partial charge is 0.396 e. The van der Waals surface area contributed by atoms with Crippen LogP contribution >= 0.6 is 0 Å². The molecule has 2 atom stereocenters. The molecule has 2 fully saturated rings. The highest BCUT2D eigenvalue weighted by atomic mass is 16.3. The normalized spacial score (nSPS) is 40.8. The minimum atomic E-state index is 0.171. The van der Waals surface area contributed by atoms with Crippen molar-refractivity contribution in [2.24, 2.45) is 23.5 Å². The molecule has 0 aromatic rings. The van der Waals surface area contributed by atoms with Crippen molar-refractivity contribution in [1.82, 2.24) is 5.32 Å². The highest BCUT2D eigenvalue weighted by Crippen LogP contribution is 2.43. The monoisotopic (exact) mass is 254 g/mol. The molecular weight excluding hydrogens is 224 g/mol. The van der Waals surface area contributed by atoms with E-state index in [0.29, 0.717) is 18.6 Å².